The van der Waals surface area contributed by atoms with Gasteiger partial charge in [-0.05, 0) is 37.3 Å². The van der Waals surface area contributed by atoms with Crippen LogP contribution in [0.25, 0.3) is 0 Å². The van der Waals surface area contributed by atoms with Crippen LogP contribution in [0.2, 0.25) is 5.02 Å². The van der Waals surface area contributed by atoms with Crippen LogP contribution in [-0.2, 0) is 9.53 Å². The number of halogens is 2. The average Bonchev–Trinajstić information content (AvgIpc) is 2.63. The first-order valence-electron chi connectivity index (χ1n) is 8.02. The maximum absolute atomic E-state index is 13.1. The van der Waals surface area contributed by atoms with E-state index >= 15 is 0 Å². The number of nitro groups is 1. The second-order valence-corrected chi connectivity index (χ2v) is 6.42. The minimum absolute atomic E-state index is 0.0122. The maximum atomic E-state index is 13.1. The molecule has 0 heterocycles. The third kappa shape index (κ3) is 4.95. The van der Waals surface area contributed by atoms with Crippen molar-refractivity contribution in [1.82, 2.24) is 0 Å². The third-order valence-electron chi connectivity index (χ3n) is 3.73. The van der Waals surface area contributed by atoms with Gasteiger partial charge in [0.05, 0.1) is 21.2 Å². The Balaban J connectivity index is 2.12. The first-order chi connectivity index (χ1) is 13.1. The first kappa shape index (κ1) is 21.1. The van der Waals surface area contributed by atoms with Crippen LogP contribution >= 0.6 is 11.6 Å². The van der Waals surface area contributed by atoms with Crippen LogP contribution in [0.4, 0.5) is 21.5 Å². The lowest BCUT2D eigenvalue weighted by molar-refractivity contribution is -0.384. The summed E-state index contributed by atoms with van der Waals surface area (Å²) in [5, 5.41) is 13.6. The molecule has 0 radical (unpaired) electrons. The van der Waals surface area contributed by atoms with E-state index in [1.807, 2.05) is 0 Å². The number of anilines is 2. The molecule has 2 rings (SSSR count). The Labute approximate surface area is 165 Å². The molecule has 0 aromatic heterocycles. The summed E-state index contributed by atoms with van der Waals surface area (Å²) in [4.78, 5) is 36.6. The van der Waals surface area contributed by atoms with Gasteiger partial charge in [-0.1, -0.05) is 11.6 Å². The van der Waals surface area contributed by atoms with Crippen LogP contribution in [0.1, 0.15) is 17.3 Å². The van der Waals surface area contributed by atoms with Crippen LogP contribution < -0.4 is 10.2 Å². The highest BCUT2D eigenvalue weighted by Crippen LogP contribution is 2.28. The van der Waals surface area contributed by atoms with Crippen molar-refractivity contribution < 1.29 is 23.6 Å². The van der Waals surface area contributed by atoms with Crippen LogP contribution in [0, 0.1) is 15.9 Å². The molecule has 1 N–H and O–H groups in total. The smallest absolute Gasteiger partial charge is 0.339 e. The van der Waals surface area contributed by atoms with E-state index < -0.39 is 28.7 Å². The van der Waals surface area contributed by atoms with Gasteiger partial charge in [0.2, 0.25) is 0 Å². The van der Waals surface area contributed by atoms with Gasteiger partial charge in [0.25, 0.3) is 11.6 Å². The first-order valence-corrected chi connectivity index (χ1v) is 8.40. The van der Waals surface area contributed by atoms with Crippen molar-refractivity contribution in [2.75, 3.05) is 24.3 Å². The normalized spacial score (nSPS) is 11.5. The molecule has 10 heteroatoms. The van der Waals surface area contributed by atoms with Gasteiger partial charge < -0.3 is 15.0 Å². The van der Waals surface area contributed by atoms with Gasteiger partial charge in [-0.3, -0.25) is 14.9 Å². The van der Waals surface area contributed by atoms with E-state index in [2.05, 4.69) is 5.32 Å². The van der Waals surface area contributed by atoms with E-state index in [4.69, 9.17) is 16.3 Å². The fraction of sp³-hybridized carbons (Fsp3) is 0.222. The second kappa shape index (κ2) is 8.66. The highest BCUT2D eigenvalue weighted by molar-refractivity contribution is 6.33. The summed E-state index contributed by atoms with van der Waals surface area (Å²) in [6.07, 6.45) is -1.22. The molecule has 1 amide bonds. The van der Waals surface area contributed by atoms with Crippen molar-refractivity contribution in [1.29, 1.82) is 0 Å². The number of nitro benzene ring substituents is 1. The number of amides is 1. The molecule has 0 unspecified atom stereocenters. The van der Waals surface area contributed by atoms with Crippen LogP contribution in [0.15, 0.2) is 36.4 Å². The number of hydrogen-bond donors (Lipinski definition) is 1. The Hall–Kier alpha value is -3.20. The molecular formula is C18H17ClFN3O5. The minimum Gasteiger partial charge on any atom is -0.449 e. The predicted molar refractivity (Wildman–Crippen MR) is 102 cm³/mol. The summed E-state index contributed by atoms with van der Waals surface area (Å²) in [5.41, 5.74) is 0.131. The summed E-state index contributed by atoms with van der Waals surface area (Å²) >= 11 is 5.84. The molecule has 8 nitrogen and oxygen atoms in total. The number of nitrogens with zero attached hydrogens (tertiary/aromatic N) is 2. The zero-order valence-electron chi connectivity index (χ0n) is 15.2. The number of esters is 1. The van der Waals surface area contributed by atoms with Gasteiger partial charge >= 0.3 is 5.97 Å². The monoisotopic (exact) mass is 409 g/mol. The van der Waals surface area contributed by atoms with Gasteiger partial charge in [0.1, 0.15) is 11.5 Å². The van der Waals surface area contributed by atoms with Gasteiger partial charge in [-0.15, -0.1) is 0 Å². The van der Waals surface area contributed by atoms with E-state index in [0.29, 0.717) is 5.69 Å². The molecule has 148 valence electrons. The molecule has 2 aromatic carbocycles. The van der Waals surface area contributed by atoms with E-state index in [-0.39, 0.29) is 22.0 Å². The molecule has 0 saturated heterocycles. The summed E-state index contributed by atoms with van der Waals surface area (Å²) < 4.78 is 18.1. The zero-order chi connectivity index (χ0) is 21.0. The molecule has 0 saturated carbocycles. The van der Waals surface area contributed by atoms with Crippen molar-refractivity contribution in [3.05, 3.63) is 62.9 Å². The largest absolute Gasteiger partial charge is 0.449 e. The minimum atomic E-state index is -1.22. The summed E-state index contributed by atoms with van der Waals surface area (Å²) in [7, 11) is 3.26. The molecule has 1 atom stereocenters. The molecule has 2 aromatic rings. The summed E-state index contributed by atoms with van der Waals surface area (Å²) in [6.45, 7) is 1.33. The van der Waals surface area contributed by atoms with Crippen LogP contribution in [0.5, 0.6) is 0 Å². The fourth-order valence-corrected chi connectivity index (χ4v) is 2.50. The molecule has 0 aliphatic heterocycles. The highest BCUT2D eigenvalue weighted by Gasteiger charge is 2.23. The third-order valence-corrected chi connectivity index (χ3v) is 4.04. The van der Waals surface area contributed by atoms with E-state index in [1.165, 1.54) is 30.0 Å². The van der Waals surface area contributed by atoms with Crippen molar-refractivity contribution in [2.45, 2.75) is 13.0 Å². The van der Waals surface area contributed by atoms with Gasteiger partial charge in [0.15, 0.2) is 6.10 Å². The molecule has 0 spiro atoms. The highest BCUT2D eigenvalue weighted by atomic mass is 35.5. The standard InChI is InChI=1S/C18H17ClFN3O5/c1-10(17(24)21-14-6-5-12(20)9-13(14)19)28-18(25)11-4-7-15(22(2)3)16(8-11)23(26)27/h4-10H,1-3H3,(H,21,24)/t10-/m0/s1. The summed E-state index contributed by atoms with van der Waals surface area (Å²) in [5.74, 6) is -2.16. The number of ether oxygens (including phenoxy) is 1. The van der Waals surface area contributed by atoms with Crippen molar-refractivity contribution in [2.24, 2.45) is 0 Å². The van der Waals surface area contributed by atoms with Gasteiger partial charge in [-0.25, -0.2) is 9.18 Å². The van der Waals surface area contributed by atoms with Crippen molar-refractivity contribution in [3.8, 4) is 0 Å². The maximum Gasteiger partial charge on any atom is 0.339 e. The van der Waals surface area contributed by atoms with Crippen molar-refractivity contribution in [3.63, 3.8) is 0 Å². The van der Waals surface area contributed by atoms with Gasteiger partial charge in [-0.2, -0.15) is 0 Å². The lowest BCUT2D eigenvalue weighted by Gasteiger charge is -2.15. The number of nitrogens with one attached hydrogen (secondary N) is 1. The van der Waals surface area contributed by atoms with E-state index in [9.17, 15) is 24.1 Å². The zero-order valence-corrected chi connectivity index (χ0v) is 16.0. The molecule has 0 aliphatic carbocycles. The second-order valence-electron chi connectivity index (χ2n) is 6.02. The van der Waals surface area contributed by atoms with Gasteiger partial charge in [0, 0.05) is 20.2 Å². The predicted octanol–water partition coefficient (Wildman–Crippen LogP) is 3.64. The topological polar surface area (TPSA) is 102 Å². The quantitative estimate of drug-likeness (QED) is 0.444. The number of benzene rings is 2. The Morgan fingerprint density at radius 2 is 1.93 bits per heavy atom. The average molecular weight is 410 g/mol. The number of hydrogen-bond acceptors (Lipinski definition) is 6. The van der Waals surface area contributed by atoms with Crippen LogP contribution in [-0.4, -0.2) is 37.0 Å². The molecular weight excluding hydrogens is 393 g/mol. The Kier molecular flexibility index (Phi) is 6.53. The Bertz CT molecular complexity index is 935. The lowest BCUT2D eigenvalue weighted by atomic mass is 10.1. The Morgan fingerprint density at radius 1 is 1.25 bits per heavy atom. The van der Waals surface area contributed by atoms with Crippen molar-refractivity contribution >= 4 is 40.5 Å². The number of carbonyl (C=O) groups is 2. The SMILES string of the molecule is C[C@H](OC(=O)c1ccc(N(C)C)c([N+](=O)[O-])c1)C(=O)Nc1ccc(F)cc1Cl. The molecule has 0 bridgehead atoms. The lowest BCUT2D eigenvalue weighted by Crippen LogP contribution is -2.30. The molecule has 28 heavy (non-hydrogen) atoms. The molecule has 0 fully saturated rings. The summed E-state index contributed by atoms with van der Waals surface area (Å²) in [6, 6.07) is 7.28. The number of rotatable bonds is 6. The van der Waals surface area contributed by atoms with Crippen LogP contribution in [0.3, 0.4) is 0 Å². The number of carbonyl (C=O) groups excluding carboxylic acids is 2. The van der Waals surface area contributed by atoms with E-state index in [1.54, 1.807) is 14.1 Å². The molecule has 0 aliphatic rings. The van der Waals surface area contributed by atoms with E-state index in [0.717, 1.165) is 18.2 Å². The fourth-order valence-electron chi connectivity index (χ4n) is 2.28. The Morgan fingerprint density at radius 3 is 2.50 bits per heavy atom.